The molecule has 3 amide bonds. The number of carbonyl (C=O) groups excluding carboxylic acids is 3. The van der Waals surface area contributed by atoms with Gasteiger partial charge < -0.3 is 10.2 Å². The zero-order chi connectivity index (χ0) is 23.5. The van der Waals surface area contributed by atoms with Crippen molar-refractivity contribution >= 4 is 52.1 Å². The summed E-state index contributed by atoms with van der Waals surface area (Å²) in [7, 11) is 3.86. The van der Waals surface area contributed by atoms with Crippen LogP contribution in [-0.4, -0.2) is 31.8 Å². The van der Waals surface area contributed by atoms with E-state index < -0.39 is 0 Å². The number of nitrogens with zero attached hydrogens (tertiary/aromatic N) is 2. The Hall–Kier alpha value is -3.84. The molecule has 4 rings (SSSR count). The molecule has 3 aromatic rings. The van der Waals surface area contributed by atoms with Crippen LogP contribution in [-0.2, 0) is 14.4 Å². The molecule has 0 fully saturated rings. The van der Waals surface area contributed by atoms with Crippen molar-refractivity contribution in [2.24, 2.45) is 0 Å². The van der Waals surface area contributed by atoms with E-state index in [9.17, 15) is 14.4 Å². The Balaban J connectivity index is 1.75. The molecule has 0 saturated carbocycles. The van der Waals surface area contributed by atoms with Gasteiger partial charge in [0.05, 0.1) is 16.2 Å². The van der Waals surface area contributed by atoms with Crippen LogP contribution in [0.2, 0.25) is 0 Å². The number of hydrogen-bond acceptors (Lipinski definition) is 5. The first-order valence-corrected chi connectivity index (χ1v) is 11.2. The van der Waals surface area contributed by atoms with E-state index in [0.717, 1.165) is 10.6 Å². The molecule has 0 saturated heterocycles. The SMILES string of the molecule is CC(=O)Nc1ccc(C2=C(Sc3ccccc3)C(=O)N(c3ccc(N(C)C)cc3)C2=O)cc1. The van der Waals surface area contributed by atoms with Crippen LogP contribution in [0.25, 0.3) is 5.57 Å². The second kappa shape index (κ2) is 9.34. The van der Waals surface area contributed by atoms with Crippen LogP contribution in [0.15, 0.2) is 88.7 Å². The molecule has 3 aromatic carbocycles. The van der Waals surface area contributed by atoms with Crippen LogP contribution < -0.4 is 15.1 Å². The van der Waals surface area contributed by atoms with Gasteiger partial charge in [0.15, 0.2) is 0 Å². The van der Waals surface area contributed by atoms with Gasteiger partial charge in [0.1, 0.15) is 0 Å². The second-order valence-electron chi connectivity index (χ2n) is 7.73. The summed E-state index contributed by atoms with van der Waals surface area (Å²) in [4.78, 5) is 42.8. The van der Waals surface area contributed by atoms with Crippen LogP contribution in [0.1, 0.15) is 12.5 Å². The molecule has 7 heteroatoms. The number of anilines is 3. The van der Waals surface area contributed by atoms with E-state index in [-0.39, 0.29) is 17.7 Å². The Morgan fingerprint density at radius 3 is 2.06 bits per heavy atom. The third-order valence-electron chi connectivity index (χ3n) is 5.12. The average molecular weight is 458 g/mol. The molecule has 0 aliphatic carbocycles. The van der Waals surface area contributed by atoms with Gasteiger partial charge in [0.25, 0.3) is 11.8 Å². The van der Waals surface area contributed by atoms with E-state index in [1.807, 2.05) is 61.5 Å². The van der Waals surface area contributed by atoms with Crippen molar-refractivity contribution in [3.05, 3.63) is 89.3 Å². The predicted molar refractivity (Wildman–Crippen MR) is 133 cm³/mol. The van der Waals surface area contributed by atoms with Gasteiger partial charge in [-0.05, 0) is 54.1 Å². The number of hydrogen-bond donors (Lipinski definition) is 1. The summed E-state index contributed by atoms with van der Waals surface area (Å²) in [6, 6.07) is 23.7. The van der Waals surface area contributed by atoms with Gasteiger partial charge in [-0.3, -0.25) is 14.4 Å². The van der Waals surface area contributed by atoms with Gasteiger partial charge in [-0.2, -0.15) is 0 Å². The van der Waals surface area contributed by atoms with E-state index in [1.165, 1.54) is 23.6 Å². The van der Waals surface area contributed by atoms with E-state index in [4.69, 9.17) is 0 Å². The number of thioether (sulfide) groups is 1. The van der Waals surface area contributed by atoms with Crippen molar-refractivity contribution in [1.29, 1.82) is 0 Å². The number of nitrogens with one attached hydrogen (secondary N) is 1. The molecule has 1 aliphatic heterocycles. The van der Waals surface area contributed by atoms with Crippen molar-refractivity contribution < 1.29 is 14.4 Å². The molecular weight excluding hydrogens is 434 g/mol. The highest BCUT2D eigenvalue weighted by molar-refractivity contribution is 8.04. The minimum atomic E-state index is -0.372. The minimum Gasteiger partial charge on any atom is -0.378 e. The summed E-state index contributed by atoms with van der Waals surface area (Å²) in [6.07, 6.45) is 0. The van der Waals surface area contributed by atoms with Crippen LogP contribution in [0.5, 0.6) is 0 Å². The molecule has 166 valence electrons. The van der Waals surface area contributed by atoms with Gasteiger partial charge in [0.2, 0.25) is 5.91 Å². The maximum Gasteiger partial charge on any atom is 0.272 e. The molecular formula is C26H23N3O3S. The summed E-state index contributed by atoms with van der Waals surface area (Å²) >= 11 is 1.28. The van der Waals surface area contributed by atoms with Gasteiger partial charge in [0, 0.05) is 37.3 Å². The Morgan fingerprint density at radius 1 is 0.848 bits per heavy atom. The molecule has 0 bridgehead atoms. The number of carbonyl (C=O) groups is 3. The molecule has 6 nitrogen and oxygen atoms in total. The smallest absolute Gasteiger partial charge is 0.272 e. The van der Waals surface area contributed by atoms with Crippen molar-refractivity contribution in [1.82, 2.24) is 0 Å². The first-order chi connectivity index (χ1) is 15.8. The number of benzene rings is 3. The largest absolute Gasteiger partial charge is 0.378 e. The molecule has 1 N–H and O–H groups in total. The Kier molecular flexibility index (Phi) is 6.33. The van der Waals surface area contributed by atoms with Gasteiger partial charge in [-0.1, -0.05) is 42.1 Å². The van der Waals surface area contributed by atoms with Crippen LogP contribution in [0.3, 0.4) is 0 Å². The van der Waals surface area contributed by atoms with Crippen LogP contribution in [0.4, 0.5) is 17.1 Å². The van der Waals surface area contributed by atoms with Crippen molar-refractivity contribution in [3.63, 3.8) is 0 Å². The van der Waals surface area contributed by atoms with Gasteiger partial charge in [-0.25, -0.2) is 4.90 Å². The first kappa shape index (κ1) is 22.4. The lowest BCUT2D eigenvalue weighted by atomic mass is 10.1. The van der Waals surface area contributed by atoms with Gasteiger partial charge >= 0.3 is 0 Å². The van der Waals surface area contributed by atoms with E-state index in [0.29, 0.717) is 27.4 Å². The van der Waals surface area contributed by atoms with E-state index >= 15 is 0 Å². The summed E-state index contributed by atoms with van der Waals surface area (Å²) in [5.74, 6) is -0.905. The molecule has 0 atom stereocenters. The summed E-state index contributed by atoms with van der Waals surface area (Å²) < 4.78 is 0. The Morgan fingerprint density at radius 2 is 1.48 bits per heavy atom. The maximum absolute atomic E-state index is 13.6. The zero-order valence-corrected chi connectivity index (χ0v) is 19.3. The highest BCUT2D eigenvalue weighted by Gasteiger charge is 2.40. The number of amides is 3. The molecule has 1 aliphatic rings. The number of imide groups is 1. The van der Waals surface area contributed by atoms with E-state index in [2.05, 4.69) is 5.32 Å². The van der Waals surface area contributed by atoms with E-state index in [1.54, 1.807) is 36.4 Å². The lowest BCUT2D eigenvalue weighted by Gasteiger charge is -2.18. The van der Waals surface area contributed by atoms with Crippen LogP contribution in [0, 0.1) is 0 Å². The molecule has 0 unspecified atom stereocenters. The summed E-state index contributed by atoms with van der Waals surface area (Å²) in [6.45, 7) is 1.43. The zero-order valence-electron chi connectivity index (χ0n) is 18.5. The molecule has 33 heavy (non-hydrogen) atoms. The lowest BCUT2D eigenvalue weighted by Crippen LogP contribution is -2.31. The minimum absolute atomic E-state index is 0.179. The van der Waals surface area contributed by atoms with Crippen molar-refractivity contribution in [3.8, 4) is 0 Å². The second-order valence-corrected chi connectivity index (χ2v) is 8.82. The highest BCUT2D eigenvalue weighted by Crippen LogP contribution is 2.41. The fraction of sp³-hybridized carbons (Fsp3) is 0.115. The number of rotatable bonds is 6. The lowest BCUT2D eigenvalue weighted by molar-refractivity contribution is -0.120. The average Bonchev–Trinajstić information content (AvgIpc) is 3.04. The fourth-order valence-electron chi connectivity index (χ4n) is 3.52. The summed E-state index contributed by atoms with van der Waals surface area (Å²) in [5, 5.41) is 2.72. The molecule has 0 aromatic heterocycles. The summed E-state index contributed by atoms with van der Waals surface area (Å²) in [5.41, 5.74) is 3.08. The third-order valence-corrected chi connectivity index (χ3v) is 6.21. The Bertz CT molecular complexity index is 1230. The molecule has 1 heterocycles. The molecule has 0 radical (unpaired) electrons. The molecule has 0 spiro atoms. The quantitative estimate of drug-likeness (QED) is 0.539. The van der Waals surface area contributed by atoms with Crippen molar-refractivity contribution in [2.45, 2.75) is 11.8 Å². The maximum atomic E-state index is 13.6. The fourth-order valence-corrected chi connectivity index (χ4v) is 4.54. The standard InChI is InChI=1S/C26H23N3O3S/c1-17(30)27-19-11-9-18(10-12-19)23-24(33-22-7-5-4-6-8-22)26(32)29(25(23)31)21-15-13-20(14-16-21)28(2)3/h4-16H,1-3H3,(H,27,30). The first-order valence-electron chi connectivity index (χ1n) is 10.4. The topological polar surface area (TPSA) is 69.7 Å². The monoisotopic (exact) mass is 457 g/mol. The van der Waals surface area contributed by atoms with Crippen molar-refractivity contribution in [2.75, 3.05) is 29.2 Å². The Labute approximate surface area is 196 Å². The predicted octanol–water partition coefficient (Wildman–Crippen LogP) is 4.79. The highest BCUT2D eigenvalue weighted by atomic mass is 32.2. The van der Waals surface area contributed by atoms with Crippen LogP contribution >= 0.6 is 11.8 Å². The third kappa shape index (κ3) is 4.68. The normalized spacial score (nSPS) is 13.5. The van der Waals surface area contributed by atoms with Gasteiger partial charge in [-0.15, -0.1) is 0 Å².